The van der Waals surface area contributed by atoms with Crippen molar-refractivity contribution in [2.75, 3.05) is 13.1 Å². The van der Waals surface area contributed by atoms with Crippen molar-refractivity contribution in [2.45, 2.75) is 58.4 Å². The van der Waals surface area contributed by atoms with Crippen LogP contribution in [0.15, 0.2) is 11.6 Å². The highest BCUT2D eigenvalue weighted by molar-refractivity contribution is 6.02. The summed E-state index contributed by atoms with van der Waals surface area (Å²) in [5.74, 6) is -0.124. The summed E-state index contributed by atoms with van der Waals surface area (Å²) >= 11 is 0. The van der Waals surface area contributed by atoms with Gasteiger partial charge in [0.1, 0.15) is 11.6 Å². The van der Waals surface area contributed by atoms with Gasteiger partial charge in [-0.2, -0.15) is 5.26 Å². The van der Waals surface area contributed by atoms with Gasteiger partial charge >= 0.3 is 0 Å². The van der Waals surface area contributed by atoms with Crippen molar-refractivity contribution in [3.05, 3.63) is 28.6 Å². The average Bonchev–Trinajstić information content (AvgIpc) is 2.78. The summed E-state index contributed by atoms with van der Waals surface area (Å²) in [6.45, 7) is 5.79. The Morgan fingerprint density at radius 3 is 2.48 bits per heavy atom. The standard InChI is InChI=1S/C19H25N3O/c1-14-11-16(12-17(13-20)19(23)21-9-6-10-21)15(2)22(14)18-7-4-3-5-8-18/h11-12,18H,3-10H2,1-2H3. The first-order valence-electron chi connectivity index (χ1n) is 8.71. The Hall–Kier alpha value is -2.02. The van der Waals surface area contributed by atoms with Crippen LogP contribution in [0, 0.1) is 25.2 Å². The Labute approximate surface area is 138 Å². The van der Waals surface area contributed by atoms with E-state index in [4.69, 9.17) is 0 Å². The fourth-order valence-corrected chi connectivity index (χ4v) is 3.84. The lowest BCUT2D eigenvalue weighted by Gasteiger charge is -2.30. The normalized spacial score (nSPS) is 19.3. The van der Waals surface area contributed by atoms with Crippen LogP contribution in [0.1, 0.15) is 61.5 Å². The number of carbonyl (C=O) groups is 1. The molecule has 0 bridgehead atoms. The first kappa shape index (κ1) is 15.9. The molecule has 0 spiro atoms. The summed E-state index contributed by atoms with van der Waals surface area (Å²) in [5.41, 5.74) is 3.68. The van der Waals surface area contributed by atoms with Crippen molar-refractivity contribution in [1.82, 2.24) is 9.47 Å². The minimum Gasteiger partial charge on any atom is -0.346 e. The van der Waals surface area contributed by atoms with E-state index in [1.165, 1.54) is 43.5 Å². The molecule has 0 unspecified atom stereocenters. The molecule has 2 aliphatic rings. The van der Waals surface area contributed by atoms with Gasteiger partial charge in [-0.1, -0.05) is 19.3 Å². The maximum Gasteiger partial charge on any atom is 0.264 e. The number of nitriles is 1. The zero-order chi connectivity index (χ0) is 16.4. The second-order valence-electron chi connectivity index (χ2n) is 6.80. The Bertz CT molecular complexity index is 668. The summed E-state index contributed by atoms with van der Waals surface area (Å²) < 4.78 is 2.41. The van der Waals surface area contributed by atoms with Crippen LogP contribution >= 0.6 is 0 Å². The van der Waals surface area contributed by atoms with Gasteiger partial charge in [-0.05, 0) is 50.8 Å². The molecular weight excluding hydrogens is 286 g/mol. The van der Waals surface area contributed by atoms with Gasteiger partial charge in [0.15, 0.2) is 0 Å². The molecular formula is C19H25N3O. The number of rotatable bonds is 3. The molecule has 0 atom stereocenters. The Balaban J connectivity index is 1.89. The van der Waals surface area contributed by atoms with E-state index in [2.05, 4.69) is 30.6 Å². The number of hydrogen-bond donors (Lipinski definition) is 0. The zero-order valence-corrected chi connectivity index (χ0v) is 14.1. The molecule has 2 heterocycles. The molecule has 4 nitrogen and oxygen atoms in total. The highest BCUT2D eigenvalue weighted by atomic mass is 16.2. The van der Waals surface area contributed by atoms with Crippen molar-refractivity contribution in [1.29, 1.82) is 5.26 Å². The van der Waals surface area contributed by atoms with Crippen molar-refractivity contribution < 1.29 is 4.79 Å². The van der Waals surface area contributed by atoms with Gasteiger partial charge in [-0.15, -0.1) is 0 Å². The van der Waals surface area contributed by atoms with Crippen LogP contribution in [0.25, 0.3) is 6.08 Å². The van der Waals surface area contributed by atoms with Crippen LogP contribution < -0.4 is 0 Å². The van der Waals surface area contributed by atoms with Gasteiger partial charge < -0.3 is 9.47 Å². The number of amides is 1. The lowest BCUT2D eigenvalue weighted by Crippen LogP contribution is -2.42. The van der Waals surface area contributed by atoms with Crippen LogP contribution in [0.5, 0.6) is 0 Å². The number of carbonyl (C=O) groups excluding carboxylic acids is 1. The fraction of sp³-hybridized carbons (Fsp3) is 0.579. The van der Waals surface area contributed by atoms with Gasteiger partial charge in [-0.3, -0.25) is 4.79 Å². The number of likely N-dealkylation sites (tertiary alicyclic amines) is 1. The summed E-state index contributed by atoms with van der Waals surface area (Å²) in [4.78, 5) is 14.0. The number of nitrogens with zero attached hydrogens (tertiary/aromatic N) is 3. The average molecular weight is 311 g/mol. The van der Waals surface area contributed by atoms with Gasteiger partial charge in [0, 0.05) is 30.5 Å². The van der Waals surface area contributed by atoms with E-state index in [0.29, 0.717) is 6.04 Å². The Morgan fingerprint density at radius 2 is 1.91 bits per heavy atom. The fourth-order valence-electron chi connectivity index (χ4n) is 3.84. The molecule has 1 saturated heterocycles. The van der Waals surface area contributed by atoms with E-state index < -0.39 is 0 Å². The minimum atomic E-state index is -0.124. The third kappa shape index (κ3) is 3.06. The molecule has 1 aromatic heterocycles. The van der Waals surface area contributed by atoms with E-state index >= 15 is 0 Å². The first-order chi connectivity index (χ1) is 11.1. The summed E-state index contributed by atoms with van der Waals surface area (Å²) in [6.07, 6.45) is 9.22. The van der Waals surface area contributed by atoms with Crippen LogP contribution in [0.3, 0.4) is 0 Å². The van der Waals surface area contributed by atoms with E-state index in [1.807, 2.05) is 0 Å². The molecule has 1 amide bonds. The van der Waals surface area contributed by atoms with E-state index in [1.54, 1.807) is 11.0 Å². The number of hydrogen-bond acceptors (Lipinski definition) is 2. The quantitative estimate of drug-likeness (QED) is 0.630. The lowest BCUT2D eigenvalue weighted by molar-refractivity contribution is -0.129. The third-order valence-electron chi connectivity index (χ3n) is 5.26. The minimum absolute atomic E-state index is 0.124. The molecule has 1 aliphatic heterocycles. The summed E-state index contributed by atoms with van der Waals surface area (Å²) in [6, 6.07) is 4.78. The molecule has 0 N–H and O–H groups in total. The number of aryl methyl sites for hydroxylation is 1. The SMILES string of the molecule is Cc1cc(C=C(C#N)C(=O)N2CCC2)c(C)n1C1CCCCC1. The van der Waals surface area contributed by atoms with E-state index in [0.717, 1.165) is 25.1 Å². The molecule has 1 saturated carbocycles. The van der Waals surface area contributed by atoms with Crippen LogP contribution in [0.2, 0.25) is 0 Å². The molecule has 4 heteroatoms. The smallest absolute Gasteiger partial charge is 0.264 e. The van der Waals surface area contributed by atoms with E-state index in [9.17, 15) is 10.1 Å². The van der Waals surface area contributed by atoms with Crippen molar-refractivity contribution >= 4 is 12.0 Å². The predicted octanol–water partition coefficient (Wildman–Crippen LogP) is 3.75. The maximum atomic E-state index is 12.3. The number of aromatic nitrogens is 1. The van der Waals surface area contributed by atoms with Crippen molar-refractivity contribution in [3.8, 4) is 6.07 Å². The van der Waals surface area contributed by atoms with Gasteiger partial charge in [0.05, 0.1) is 0 Å². The monoisotopic (exact) mass is 311 g/mol. The molecule has 1 aromatic rings. The third-order valence-corrected chi connectivity index (χ3v) is 5.26. The Morgan fingerprint density at radius 1 is 1.22 bits per heavy atom. The van der Waals surface area contributed by atoms with Gasteiger partial charge in [0.2, 0.25) is 0 Å². The lowest BCUT2D eigenvalue weighted by atomic mass is 9.95. The molecule has 0 aromatic carbocycles. The van der Waals surface area contributed by atoms with E-state index in [-0.39, 0.29) is 11.5 Å². The molecule has 2 fully saturated rings. The maximum absolute atomic E-state index is 12.3. The molecule has 122 valence electrons. The topological polar surface area (TPSA) is 49.0 Å². The molecule has 0 radical (unpaired) electrons. The zero-order valence-electron chi connectivity index (χ0n) is 14.1. The van der Waals surface area contributed by atoms with Gasteiger partial charge in [0.25, 0.3) is 5.91 Å². The first-order valence-corrected chi connectivity index (χ1v) is 8.71. The summed E-state index contributed by atoms with van der Waals surface area (Å²) in [7, 11) is 0. The summed E-state index contributed by atoms with van der Waals surface area (Å²) in [5, 5.41) is 9.37. The van der Waals surface area contributed by atoms with Crippen LogP contribution in [-0.2, 0) is 4.79 Å². The molecule has 3 rings (SSSR count). The largest absolute Gasteiger partial charge is 0.346 e. The highest BCUT2D eigenvalue weighted by Gasteiger charge is 2.24. The molecule has 1 aliphatic carbocycles. The molecule has 23 heavy (non-hydrogen) atoms. The van der Waals surface area contributed by atoms with Crippen LogP contribution in [0.4, 0.5) is 0 Å². The highest BCUT2D eigenvalue weighted by Crippen LogP contribution is 2.32. The second-order valence-corrected chi connectivity index (χ2v) is 6.80. The van der Waals surface area contributed by atoms with Gasteiger partial charge in [-0.25, -0.2) is 0 Å². The predicted molar refractivity (Wildman–Crippen MR) is 90.8 cm³/mol. The second kappa shape index (κ2) is 6.62. The van der Waals surface area contributed by atoms with Crippen molar-refractivity contribution in [2.24, 2.45) is 0 Å². The van der Waals surface area contributed by atoms with Crippen LogP contribution in [-0.4, -0.2) is 28.5 Å². The Kier molecular flexibility index (Phi) is 4.56. The van der Waals surface area contributed by atoms with Crippen molar-refractivity contribution in [3.63, 3.8) is 0 Å².